The standard InChI is InChI=1S/C12H24F2N4O2S/c1-12(2,3)17-11(15)16-8-9-4-6-18(7-5-9)21(19,20)10(13)14/h9-10H,4-8H2,1-3H3,(H3,15,16,17). The summed E-state index contributed by atoms with van der Waals surface area (Å²) in [4.78, 5) is 4.22. The van der Waals surface area contributed by atoms with Crippen LogP contribution >= 0.6 is 0 Å². The van der Waals surface area contributed by atoms with Crippen LogP contribution in [0.3, 0.4) is 0 Å². The van der Waals surface area contributed by atoms with Crippen molar-refractivity contribution in [2.24, 2.45) is 16.6 Å². The van der Waals surface area contributed by atoms with Gasteiger partial charge in [-0.1, -0.05) is 0 Å². The molecule has 21 heavy (non-hydrogen) atoms. The van der Waals surface area contributed by atoms with Crippen LogP contribution in [0.1, 0.15) is 33.6 Å². The summed E-state index contributed by atoms with van der Waals surface area (Å²) >= 11 is 0. The quantitative estimate of drug-likeness (QED) is 0.595. The van der Waals surface area contributed by atoms with Crippen LogP contribution in [0.4, 0.5) is 8.78 Å². The lowest BCUT2D eigenvalue weighted by Gasteiger charge is -2.30. The fraction of sp³-hybridized carbons (Fsp3) is 0.917. The third-order valence-corrected chi connectivity index (χ3v) is 4.72. The van der Waals surface area contributed by atoms with E-state index in [1.807, 2.05) is 20.8 Å². The number of alkyl halides is 2. The molecule has 0 aromatic rings. The summed E-state index contributed by atoms with van der Waals surface area (Å²) in [5, 5.41) is 3.03. The zero-order valence-electron chi connectivity index (χ0n) is 12.6. The number of halogens is 2. The molecule has 0 amide bonds. The Morgan fingerprint density at radius 2 is 1.90 bits per heavy atom. The highest BCUT2D eigenvalue weighted by molar-refractivity contribution is 7.89. The van der Waals surface area contributed by atoms with Crippen molar-refractivity contribution in [2.45, 2.75) is 44.9 Å². The molecule has 124 valence electrons. The second-order valence-corrected chi connectivity index (χ2v) is 8.15. The number of hydrogen-bond donors (Lipinski definition) is 2. The monoisotopic (exact) mass is 326 g/mol. The molecule has 1 fully saturated rings. The number of sulfonamides is 1. The van der Waals surface area contributed by atoms with Crippen LogP contribution < -0.4 is 11.1 Å². The Labute approximate surface area is 124 Å². The second-order valence-electron chi connectivity index (χ2n) is 6.25. The molecule has 9 heteroatoms. The van der Waals surface area contributed by atoms with Gasteiger partial charge in [0.15, 0.2) is 5.96 Å². The predicted octanol–water partition coefficient (Wildman–Crippen LogP) is 0.954. The number of nitrogens with one attached hydrogen (secondary N) is 1. The summed E-state index contributed by atoms with van der Waals surface area (Å²) in [7, 11) is -4.45. The first-order valence-electron chi connectivity index (χ1n) is 6.87. The van der Waals surface area contributed by atoms with Gasteiger partial charge in [0.05, 0.1) is 0 Å². The number of hydrogen-bond acceptors (Lipinski definition) is 3. The fourth-order valence-electron chi connectivity index (χ4n) is 2.11. The van der Waals surface area contributed by atoms with Crippen LogP contribution in [0.5, 0.6) is 0 Å². The van der Waals surface area contributed by atoms with Crippen LogP contribution in [0.2, 0.25) is 0 Å². The van der Waals surface area contributed by atoms with Crippen molar-refractivity contribution in [1.82, 2.24) is 9.62 Å². The fourth-order valence-corrected chi connectivity index (χ4v) is 3.06. The molecule has 1 rings (SSSR count). The molecule has 3 N–H and O–H groups in total. The first kappa shape index (κ1) is 18.1. The number of rotatable bonds is 4. The summed E-state index contributed by atoms with van der Waals surface area (Å²) in [6.07, 6.45) is 1.02. The summed E-state index contributed by atoms with van der Waals surface area (Å²) in [5.74, 6) is -2.85. The minimum Gasteiger partial charge on any atom is -0.370 e. The Morgan fingerprint density at radius 1 is 1.38 bits per heavy atom. The van der Waals surface area contributed by atoms with Gasteiger partial charge in [-0.2, -0.15) is 13.1 Å². The molecule has 1 aliphatic rings. The minimum atomic E-state index is -4.45. The molecule has 0 radical (unpaired) electrons. The van der Waals surface area contributed by atoms with Gasteiger partial charge in [-0.3, -0.25) is 4.99 Å². The van der Waals surface area contributed by atoms with E-state index in [2.05, 4.69) is 10.3 Å². The van der Waals surface area contributed by atoms with Crippen LogP contribution in [-0.4, -0.2) is 49.6 Å². The molecule has 1 aliphatic heterocycles. The van der Waals surface area contributed by atoms with Gasteiger partial charge in [0.1, 0.15) is 0 Å². The van der Waals surface area contributed by atoms with E-state index in [0.29, 0.717) is 25.3 Å². The van der Waals surface area contributed by atoms with Crippen molar-refractivity contribution in [1.29, 1.82) is 0 Å². The van der Waals surface area contributed by atoms with Crippen molar-refractivity contribution >= 4 is 16.0 Å². The van der Waals surface area contributed by atoms with E-state index >= 15 is 0 Å². The Bertz CT molecular complexity index is 466. The van der Waals surface area contributed by atoms with Crippen molar-refractivity contribution in [2.75, 3.05) is 19.6 Å². The van der Waals surface area contributed by atoms with Crippen LogP contribution in [0.15, 0.2) is 4.99 Å². The number of piperidine rings is 1. The average Bonchev–Trinajstić information content (AvgIpc) is 2.34. The summed E-state index contributed by atoms with van der Waals surface area (Å²) in [6, 6.07) is 0. The summed E-state index contributed by atoms with van der Waals surface area (Å²) in [5.41, 5.74) is 5.57. The lowest BCUT2D eigenvalue weighted by atomic mass is 9.98. The molecule has 0 bridgehead atoms. The zero-order valence-corrected chi connectivity index (χ0v) is 13.5. The molecule has 1 saturated heterocycles. The maximum absolute atomic E-state index is 12.4. The van der Waals surface area contributed by atoms with E-state index in [1.54, 1.807) is 0 Å². The molecule has 0 aromatic carbocycles. The number of nitrogens with zero attached hydrogens (tertiary/aromatic N) is 2. The summed E-state index contributed by atoms with van der Waals surface area (Å²) < 4.78 is 48.4. The third kappa shape index (κ3) is 5.74. The van der Waals surface area contributed by atoms with Crippen LogP contribution in [-0.2, 0) is 10.0 Å². The van der Waals surface area contributed by atoms with Crippen molar-refractivity contribution in [3.8, 4) is 0 Å². The Kier molecular flexibility index (Phi) is 5.92. The van der Waals surface area contributed by atoms with Crippen LogP contribution in [0.25, 0.3) is 0 Å². The van der Waals surface area contributed by atoms with Gasteiger partial charge < -0.3 is 11.1 Å². The van der Waals surface area contributed by atoms with Gasteiger partial charge in [0.2, 0.25) is 0 Å². The molecule has 6 nitrogen and oxygen atoms in total. The predicted molar refractivity (Wildman–Crippen MR) is 78.6 cm³/mol. The van der Waals surface area contributed by atoms with Gasteiger partial charge in [0, 0.05) is 25.2 Å². The van der Waals surface area contributed by atoms with Gasteiger partial charge in [0.25, 0.3) is 10.0 Å². The molecule has 0 spiro atoms. The molecule has 1 heterocycles. The molecule has 0 unspecified atom stereocenters. The highest BCUT2D eigenvalue weighted by Gasteiger charge is 2.34. The molecule has 0 saturated carbocycles. The smallest absolute Gasteiger partial charge is 0.350 e. The first-order chi connectivity index (χ1) is 9.52. The molecule has 0 aliphatic carbocycles. The first-order valence-corrected chi connectivity index (χ1v) is 8.38. The average molecular weight is 326 g/mol. The number of nitrogens with two attached hydrogens (primary N) is 1. The molecule has 0 atom stereocenters. The zero-order chi connectivity index (χ0) is 16.3. The van der Waals surface area contributed by atoms with E-state index in [9.17, 15) is 17.2 Å². The van der Waals surface area contributed by atoms with E-state index in [1.165, 1.54) is 0 Å². The molecular weight excluding hydrogens is 302 g/mol. The maximum Gasteiger partial charge on any atom is 0.350 e. The van der Waals surface area contributed by atoms with Gasteiger partial charge in [-0.05, 0) is 39.5 Å². The summed E-state index contributed by atoms with van der Waals surface area (Å²) in [6.45, 7) is 6.58. The Hall–Kier alpha value is -0.960. The lowest BCUT2D eigenvalue weighted by molar-refractivity contribution is 0.205. The lowest BCUT2D eigenvalue weighted by Crippen LogP contribution is -2.45. The normalized spacial score (nSPS) is 20.0. The largest absolute Gasteiger partial charge is 0.370 e. The van der Waals surface area contributed by atoms with E-state index in [-0.39, 0.29) is 24.5 Å². The second kappa shape index (κ2) is 6.87. The third-order valence-electron chi connectivity index (χ3n) is 3.18. The van der Waals surface area contributed by atoms with Gasteiger partial charge in [-0.15, -0.1) is 0 Å². The van der Waals surface area contributed by atoms with E-state index in [4.69, 9.17) is 5.73 Å². The van der Waals surface area contributed by atoms with Crippen molar-refractivity contribution < 1.29 is 17.2 Å². The minimum absolute atomic E-state index is 0.111. The Morgan fingerprint density at radius 3 is 2.33 bits per heavy atom. The van der Waals surface area contributed by atoms with Crippen LogP contribution in [0, 0.1) is 5.92 Å². The number of guanidine groups is 1. The molecular formula is C12H24F2N4O2S. The topological polar surface area (TPSA) is 87.8 Å². The SMILES string of the molecule is CC(C)(C)NC(N)=NCC1CCN(S(=O)(=O)C(F)F)CC1. The Balaban J connectivity index is 2.46. The van der Waals surface area contributed by atoms with Crippen molar-refractivity contribution in [3.63, 3.8) is 0 Å². The van der Waals surface area contributed by atoms with E-state index < -0.39 is 15.8 Å². The maximum atomic E-state index is 12.4. The number of aliphatic imine (C=N–C) groups is 1. The van der Waals surface area contributed by atoms with Gasteiger partial charge >= 0.3 is 5.76 Å². The highest BCUT2D eigenvalue weighted by atomic mass is 32.2. The van der Waals surface area contributed by atoms with Gasteiger partial charge in [-0.25, -0.2) is 8.42 Å². The van der Waals surface area contributed by atoms with Crippen molar-refractivity contribution in [3.05, 3.63) is 0 Å². The highest BCUT2D eigenvalue weighted by Crippen LogP contribution is 2.22. The van der Waals surface area contributed by atoms with E-state index in [0.717, 1.165) is 4.31 Å². The molecule has 0 aromatic heterocycles.